The third kappa shape index (κ3) is 1.64. The van der Waals surface area contributed by atoms with E-state index < -0.39 is 0 Å². The lowest BCUT2D eigenvalue weighted by molar-refractivity contribution is 1.42. The number of hydrogen-bond donors (Lipinski definition) is 0. The maximum absolute atomic E-state index is 4.43. The molecule has 0 N–H and O–H groups in total. The number of fused-ring (bicyclic) bond motifs is 1. The molecule has 3 heteroatoms. The Kier molecular flexibility index (Phi) is 2.65. The Morgan fingerprint density at radius 3 is 2.56 bits per heavy atom. The van der Waals surface area contributed by atoms with E-state index in [9.17, 15) is 0 Å². The molecule has 0 amide bonds. The molecule has 0 aliphatic carbocycles. The van der Waals surface area contributed by atoms with E-state index in [2.05, 4.69) is 57.9 Å². The topological polar surface area (TPSA) is 12.9 Å². The van der Waals surface area contributed by atoms with Crippen molar-refractivity contribution >= 4 is 44.1 Å². The molecule has 78 valence electrons. The third-order valence-corrected chi connectivity index (χ3v) is 5.04. The van der Waals surface area contributed by atoms with Gasteiger partial charge in [-0.05, 0) is 40.3 Å². The largest absolute Gasteiger partial charge is 0.254 e. The van der Waals surface area contributed by atoms with Crippen LogP contribution in [0.3, 0.4) is 0 Å². The first-order valence-electron chi connectivity index (χ1n) is 4.95. The zero-order valence-corrected chi connectivity index (χ0v) is 11.3. The first kappa shape index (κ1) is 10.2. The minimum atomic E-state index is 1.12. The van der Waals surface area contributed by atoms with Gasteiger partial charge in [-0.25, -0.2) is 0 Å². The zero-order valence-electron chi connectivity index (χ0n) is 8.35. The Balaban J connectivity index is 2.29. The zero-order chi connectivity index (χ0) is 11.0. The Morgan fingerprint density at radius 1 is 1.00 bits per heavy atom. The highest BCUT2D eigenvalue weighted by Crippen LogP contribution is 2.37. The van der Waals surface area contributed by atoms with Crippen molar-refractivity contribution in [3.05, 3.63) is 52.2 Å². The summed E-state index contributed by atoms with van der Waals surface area (Å²) in [6.07, 6.45) is 1.85. The van der Waals surface area contributed by atoms with Gasteiger partial charge in [0.25, 0.3) is 0 Å². The number of nitrogens with zero attached hydrogens (tertiary/aromatic N) is 1. The van der Waals surface area contributed by atoms with Crippen molar-refractivity contribution in [3.8, 4) is 10.4 Å². The number of aromatic nitrogens is 1. The molecule has 1 nitrogen and oxygen atoms in total. The van der Waals surface area contributed by atoms with Crippen LogP contribution in [-0.4, -0.2) is 4.98 Å². The van der Waals surface area contributed by atoms with Crippen LogP contribution in [0.25, 0.3) is 20.7 Å². The van der Waals surface area contributed by atoms with E-state index in [1.54, 1.807) is 11.3 Å². The minimum absolute atomic E-state index is 1.12. The normalized spacial score (nSPS) is 10.8. The van der Waals surface area contributed by atoms with Crippen LogP contribution in [0.4, 0.5) is 0 Å². The lowest BCUT2D eigenvalue weighted by Gasteiger charge is -1.96. The summed E-state index contributed by atoms with van der Waals surface area (Å²) in [7, 11) is 0. The summed E-state index contributed by atoms with van der Waals surface area (Å²) in [4.78, 5) is 5.74. The predicted octanol–water partition coefficient (Wildman–Crippen LogP) is 4.57. The molecule has 0 aliphatic rings. The Labute approximate surface area is 111 Å². The summed E-state index contributed by atoms with van der Waals surface area (Å²) in [5, 5.41) is 0. The molecule has 16 heavy (non-hydrogen) atoms. The highest BCUT2D eigenvalue weighted by molar-refractivity contribution is 14.1. The molecular weight excluding hydrogens is 329 g/mol. The molecule has 2 aromatic heterocycles. The number of hydrogen-bond acceptors (Lipinski definition) is 2. The van der Waals surface area contributed by atoms with Crippen LogP contribution in [0.15, 0.2) is 48.7 Å². The van der Waals surface area contributed by atoms with Gasteiger partial charge in [-0.3, -0.25) is 4.98 Å². The summed E-state index contributed by atoms with van der Waals surface area (Å²) < 4.78 is 2.51. The van der Waals surface area contributed by atoms with Gasteiger partial charge in [-0.2, -0.15) is 0 Å². The Hall–Kier alpha value is -0.940. The van der Waals surface area contributed by atoms with E-state index in [0.717, 1.165) is 5.52 Å². The van der Waals surface area contributed by atoms with Gasteiger partial charge in [0, 0.05) is 6.20 Å². The smallest absolute Gasteiger partial charge is 0.0949 e. The van der Waals surface area contributed by atoms with E-state index in [0.29, 0.717) is 0 Å². The first-order chi connectivity index (χ1) is 7.86. The highest BCUT2D eigenvalue weighted by atomic mass is 127. The molecule has 0 bridgehead atoms. The van der Waals surface area contributed by atoms with Crippen LogP contribution in [0.2, 0.25) is 0 Å². The molecule has 0 atom stereocenters. The molecule has 0 aliphatic heterocycles. The standard InChI is InChI=1S/C13H8INS/c14-11-12-10(7-4-8-15-12)16-13(11)9-5-2-1-3-6-9/h1-8H. The van der Waals surface area contributed by atoms with Crippen LogP contribution in [0, 0.1) is 3.57 Å². The summed E-state index contributed by atoms with van der Waals surface area (Å²) in [6, 6.07) is 14.6. The Morgan fingerprint density at radius 2 is 1.81 bits per heavy atom. The van der Waals surface area contributed by atoms with E-state index >= 15 is 0 Å². The second kappa shape index (κ2) is 4.14. The average Bonchev–Trinajstić information content (AvgIpc) is 2.69. The molecule has 1 aromatic carbocycles. The second-order valence-corrected chi connectivity index (χ2v) is 5.59. The fourth-order valence-electron chi connectivity index (χ4n) is 1.68. The third-order valence-electron chi connectivity index (χ3n) is 2.43. The van der Waals surface area contributed by atoms with E-state index in [1.165, 1.54) is 18.7 Å². The lowest BCUT2D eigenvalue weighted by Crippen LogP contribution is -1.76. The van der Waals surface area contributed by atoms with E-state index in [4.69, 9.17) is 0 Å². The van der Waals surface area contributed by atoms with Crippen molar-refractivity contribution < 1.29 is 0 Å². The molecule has 0 radical (unpaired) electrons. The number of benzene rings is 1. The van der Waals surface area contributed by atoms with Gasteiger partial charge in [0.1, 0.15) is 0 Å². The molecule has 0 saturated heterocycles. The molecule has 2 heterocycles. The number of thiophene rings is 1. The van der Waals surface area contributed by atoms with Gasteiger partial charge in [0.15, 0.2) is 0 Å². The predicted molar refractivity (Wildman–Crippen MR) is 77.8 cm³/mol. The Bertz CT molecular complexity index is 631. The lowest BCUT2D eigenvalue weighted by atomic mass is 10.2. The van der Waals surface area contributed by atoms with Crippen LogP contribution in [-0.2, 0) is 0 Å². The van der Waals surface area contributed by atoms with Crippen LogP contribution in [0.5, 0.6) is 0 Å². The molecule has 0 fully saturated rings. The molecule has 0 unspecified atom stereocenters. The van der Waals surface area contributed by atoms with Crippen LogP contribution >= 0.6 is 33.9 Å². The maximum Gasteiger partial charge on any atom is 0.0949 e. The van der Waals surface area contributed by atoms with E-state index in [1.807, 2.05) is 18.3 Å². The summed E-state index contributed by atoms with van der Waals surface area (Å²) >= 11 is 4.19. The summed E-state index contributed by atoms with van der Waals surface area (Å²) in [5.74, 6) is 0. The molecule has 0 spiro atoms. The SMILES string of the molecule is Ic1c(-c2ccccc2)sc2cccnc12. The van der Waals surface area contributed by atoms with Gasteiger partial charge in [-0.15, -0.1) is 11.3 Å². The van der Waals surface area contributed by atoms with Crippen molar-refractivity contribution in [1.29, 1.82) is 0 Å². The van der Waals surface area contributed by atoms with Crippen molar-refractivity contribution in [2.24, 2.45) is 0 Å². The van der Waals surface area contributed by atoms with Crippen molar-refractivity contribution in [3.63, 3.8) is 0 Å². The van der Waals surface area contributed by atoms with Crippen molar-refractivity contribution in [2.75, 3.05) is 0 Å². The van der Waals surface area contributed by atoms with Gasteiger partial charge in [0.2, 0.25) is 0 Å². The monoisotopic (exact) mass is 337 g/mol. The van der Waals surface area contributed by atoms with Gasteiger partial charge < -0.3 is 0 Å². The number of rotatable bonds is 1. The first-order valence-corrected chi connectivity index (χ1v) is 6.84. The van der Waals surface area contributed by atoms with Crippen LogP contribution in [0.1, 0.15) is 0 Å². The van der Waals surface area contributed by atoms with Gasteiger partial charge >= 0.3 is 0 Å². The fourth-order valence-corrected chi connectivity index (χ4v) is 3.99. The molecule has 3 aromatic rings. The molecular formula is C13H8INS. The molecule has 0 saturated carbocycles. The van der Waals surface area contributed by atoms with Crippen molar-refractivity contribution in [1.82, 2.24) is 4.98 Å². The maximum atomic E-state index is 4.43. The minimum Gasteiger partial charge on any atom is -0.254 e. The van der Waals surface area contributed by atoms with Gasteiger partial charge in [-0.1, -0.05) is 30.3 Å². The quantitative estimate of drug-likeness (QED) is 0.593. The van der Waals surface area contributed by atoms with Gasteiger partial charge in [0.05, 0.1) is 18.7 Å². The molecule has 3 rings (SSSR count). The number of halogens is 1. The summed E-state index contributed by atoms with van der Waals surface area (Å²) in [6.45, 7) is 0. The second-order valence-electron chi connectivity index (χ2n) is 3.46. The van der Waals surface area contributed by atoms with Crippen molar-refractivity contribution in [2.45, 2.75) is 0 Å². The summed E-state index contributed by atoms with van der Waals surface area (Å²) in [5.41, 5.74) is 2.39. The highest BCUT2D eigenvalue weighted by Gasteiger charge is 2.11. The van der Waals surface area contributed by atoms with E-state index in [-0.39, 0.29) is 0 Å². The number of pyridine rings is 1. The van der Waals surface area contributed by atoms with Crippen LogP contribution < -0.4 is 0 Å². The fraction of sp³-hybridized carbons (Fsp3) is 0. The average molecular weight is 337 g/mol.